The third-order valence-electron chi connectivity index (χ3n) is 1.67. The molecule has 96 valence electrons. The van der Waals surface area contributed by atoms with Crippen LogP contribution in [0.25, 0.3) is 0 Å². The molecule has 0 atom stereocenters. The monoisotopic (exact) mass is 364 g/mol. The first-order valence-corrected chi connectivity index (χ1v) is 5.23. The summed E-state index contributed by atoms with van der Waals surface area (Å²) in [7, 11) is 0. The van der Waals surface area contributed by atoms with Gasteiger partial charge in [-0.15, -0.1) is 0 Å². The number of halogens is 8. The Hall–Kier alpha value is -0.0200. The van der Waals surface area contributed by atoms with Crippen LogP contribution in [0.15, 0.2) is 9.66 Å². The Labute approximate surface area is 101 Å². The molecule has 0 saturated carbocycles. The molecule has 0 rings (SSSR count). The van der Waals surface area contributed by atoms with Crippen LogP contribution in [0.5, 0.6) is 0 Å². The van der Waals surface area contributed by atoms with Crippen LogP contribution in [0.4, 0.5) is 30.7 Å². The normalized spacial score (nSPS) is 15.4. The molecule has 0 amide bonds. The summed E-state index contributed by atoms with van der Waals surface area (Å²) in [6.07, 6.45) is -12.1. The van der Waals surface area contributed by atoms with E-state index in [1.54, 1.807) is 6.92 Å². The van der Waals surface area contributed by atoms with E-state index >= 15 is 0 Å². The molecular weight excluding hydrogens is 356 g/mol. The molecule has 0 aromatic carbocycles. The van der Waals surface area contributed by atoms with E-state index in [-0.39, 0.29) is 10.0 Å². The molecule has 0 aliphatic carbocycles. The minimum absolute atomic E-state index is 0.0294. The molecule has 0 heterocycles. The molecule has 0 saturated heterocycles. The van der Waals surface area contributed by atoms with Gasteiger partial charge in [-0.2, -0.15) is 26.3 Å². The molecule has 0 fully saturated rings. The van der Waals surface area contributed by atoms with Crippen molar-refractivity contribution in [3.05, 3.63) is 9.66 Å². The summed E-state index contributed by atoms with van der Waals surface area (Å²) in [5.41, 5.74) is -5.27. The highest BCUT2D eigenvalue weighted by molar-refractivity contribution is 14.1. The van der Waals surface area contributed by atoms with Gasteiger partial charge in [-0.1, -0.05) is 13.3 Å². The van der Waals surface area contributed by atoms with Crippen molar-refractivity contribution in [2.45, 2.75) is 37.8 Å². The fraction of sp³-hybridized carbons (Fsp3) is 0.750. The lowest BCUT2D eigenvalue weighted by Gasteiger charge is -2.27. The molecule has 16 heavy (non-hydrogen) atoms. The fourth-order valence-electron chi connectivity index (χ4n) is 0.851. The quantitative estimate of drug-likeness (QED) is 0.492. The van der Waals surface area contributed by atoms with Crippen molar-refractivity contribution in [2.24, 2.45) is 0 Å². The molecule has 0 N–H and O–H groups in total. The van der Waals surface area contributed by atoms with Gasteiger partial charge in [0.2, 0.25) is 0 Å². The smallest absolute Gasteiger partial charge is 0.219 e. The maximum absolute atomic E-state index is 13.0. The van der Waals surface area contributed by atoms with E-state index in [1.807, 2.05) is 0 Å². The molecule has 0 radical (unpaired) electrons. The maximum Gasteiger partial charge on any atom is 0.435 e. The van der Waals surface area contributed by atoms with E-state index in [0.717, 1.165) is 0 Å². The van der Waals surface area contributed by atoms with Crippen molar-refractivity contribution in [1.29, 1.82) is 0 Å². The standard InChI is InChI=1S/C8H8F7I/c1-2-3-5(16)4-6(9,7(10,11)12)8(13,14)15/h4H,2-3H2,1H3. The van der Waals surface area contributed by atoms with Crippen LogP contribution < -0.4 is 0 Å². The van der Waals surface area contributed by atoms with Gasteiger partial charge in [0.05, 0.1) is 0 Å². The summed E-state index contributed by atoms with van der Waals surface area (Å²) in [6, 6.07) is 0. The zero-order chi connectivity index (χ0) is 13.2. The van der Waals surface area contributed by atoms with Crippen LogP contribution in [0.2, 0.25) is 0 Å². The number of rotatable bonds is 3. The Morgan fingerprint density at radius 3 is 1.62 bits per heavy atom. The van der Waals surface area contributed by atoms with Crippen molar-refractivity contribution >= 4 is 22.6 Å². The average molecular weight is 364 g/mol. The van der Waals surface area contributed by atoms with Crippen LogP contribution in [-0.4, -0.2) is 18.0 Å². The molecule has 0 aromatic heterocycles. The first kappa shape index (κ1) is 16.0. The SMILES string of the molecule is CCCC(I)=CC(F)(C(F)(F)F)C(F)(F)F. The van der Waals surface area contributed by atoms with Gasteiger partial charge in [0, 0.05) is 0 Å². The Bertz CT molecular complexity index is 249. The average Bonchev–Trinajstić information content (AvgIpc) is 1.99. The number of hydrogen-bond donors (Lipinski definition) is 0. The Balaban J connectivity index is 5.37. The third-order valence-corrected chi connectivity index (χ3v) is 2.52. The summed E-state index contributed by atoms with van der Waals surface area (Å²) in [6.45, 7) is 1.56. The van der Waals surface area contributed by atoms with Crippen LogP contribution in [0.1, 0.15) is 19.8 Å². The molecule has 0 aromatic rings. The van der Waals surface area contributed by atoms with Gasteiger partial charge < -0.3 is 0 Å². The first-order chi connectivity index (χ1) is 6.95. The van der Waals surface area contributed by atoms with Crippen molar-refractivity contribution in [2.75, 3.05) is 0 Å². The maximum atomic E-state index is 13.0. The molecule has 0 nitrogen and oxygen atoms in total. The van der Waals surface area contributed by atoms with E-state index in [9.17, 15) is 30.7 Å². The summed E-state index contributed by atoms with van der Waals surface area (Å²) < 4.78 is 85.1. The number of alkyl halides is 7. The second-order valence-corrected chi connectivity index (χ2v) is 4.43. The van der Waals surface area contributed by atoms with E-state index in [0.29, 0.717) is 6.42 Å². The number of allylic oxidation sites excluding steroid dienone is 2. The minimum atomic E-state index is -6.00. The third kappa shape index (κ3) is 3.49. The van der Waals surface area contributed by atoms with Gasteiger partial charge in [0.1, 0.15) is 0 Å². The molecule has 0 spiro atoms. The van der Waals surface area contributed by atoms with Gasteiger partial charge in [0.25, 0.3) is 0 Å². The fourth-order valence-corrected chi connectivity index (χ4v) is 1.82. The van der Waals surface area contributed by atoms with Crippen molar-refractivity contribution in [3.8, 4) is 0 Å². The highest BCUT2D eigenvalue weighted by atomic mass is 127. The van der Waals surface area contributed by atoms with Crippen LogP contribution in [0, 0.1) is 0 Å². The molecule has 8 heteroatoms. The van der Waals surface area contributed by atoms with Crippen LogP contribution in [-0.2, 0) is 0 Å². The highest BCUT2D eigenvalue weighted by Crippen LogP contribution is 2.48. The predicted octanol–water partition coefficient (Wildman–Crippen LogP) is 4.94. The molecule has 0 bridgehead atoms. The lowest BCUT2D eigenvalue weighted by Crippen LogP contribution is -2.51. The second-order valence-electron chi connectivity index (χ2n) is 3.05. The molecule has 0 unspecified atom stereocenters. The Morgan fingerprint density at radius 2 is 1.38 bits per heavy atom. The Kier molecular flexibility index (Phi) is 5.08. The molecular formula is C8H8F7I. The summed E-state index contributed by atoms with van der Waals surface area (Å²) in [5.74, 6) is 0. The van der Waals surface area contributed by atoms with E-state index in [2.05, 4.69) is 0 Å². The summed E-state index contributed by atoms with van der Waals surface area (Å²) >= 11 is 1.27. The lowest BCUT2D eigenvalue weighted by atomic mass is 10.0. The van der Waals surface area contributed by atoms with Gasteiger partial charge in [0.15, 0.2) is 0 Å². The second kappa shape index (κ2) is 5.09. The first-order valence-electron chi connectivity index (χ1n) is 4.15. The zero-order valence-electron chi connectivity index (χ0n) is 8.02. The summed E-state index contributed by atoms with van der Waals surface area (Å²) in [4.78, 5) is 0. The van der Waals surface area contributed by atoms with E-state index in [1.165, 1.54) is 22.6 Å². The largest absolute Gasteiger partial charge is 0.435 e. The van der Waals surface area contributed by atoms with Crippen molar-refractivity contribution < 1.29 is 30.7 Å². The highest BCUT2D eigenvalue weighted by Gasteiger charge is 2.71. The Morgan fingerprint density at radius 1 is 1.00 bits per heavy atom. The lowest BCUT2D eigenvalue weighted by molar-refractivity contribution is -0.322. The van der Waals surface area contributed by atoms with Crippen molar-refractivity contribution in [1.82, 2.24) is 0 Å². The van der Waals surface area contributed by atoms with Crippen LogP contribution >= 0.6 is 22.6 Å². The van der Waals surface area contributed by atoms with Gasteiger partial charge in [-0.3, -0.25) is 0 Å². The minimum Gasteiger partial charge on any atom is -0.219 e. The van der Waals surface area contributed by atoms with Crippen molar-refractivity contribution in [3.63, 3.8) is 0 Å². The van der Waals surface area contributed by atoms with Gasteiger partial charge >= 0.3 is 18.0 Å². The number of hydrogen-bond acceptors (Lipinski definition) is 0. The van der Waals surface area contributed by atoms with Gasteiger partial charge in [-0.25, -0.2) is 4.39 Å². The zero-order valence-corrected chi connectivity index (χ0v) is 10.2. The summed E-state index contributed by atoms with van der Waals surface area (Å²) in [5, 5.41) is 0. The van der Waals surface area contributed by atoms with E-state index in [4.69, 9.17) is 0 Å². The predicted molar refractivity (Wildman–Crippen MR) is 53.0 cm³/mol. The molecule has 0 aliphatic heterocycles. The topological polar surface area (TPSA) is 0 Å². The molecule has 0 aliphatic rings. The van der Waals surface area contributed by atoms with Gasteiger partial charge in [-0.05, 0) is 38.7 Å². The van der Waals surface area contributed by atoms with Crippen LogP contribution in [0.3, 0.4) is 0 Å². The van der Waals surface area contributed by atoms with E-state index < -0.39 is 24.1 Å².